The molecule has 0 aromatic rings. The molecule has 15 heavy (non-hydrogen) atoms. The van der Waals surface area contributed by atoms with Crippen LogP contribution >= 0.6 is 0 Å². The molecule has 1 heterocycles. The molecule has 0 spiro atoms. The first kappa shape index (κ1) is 12.9. The first-order valence-corrected chi connectivity index (χ1v) is 6.11. The fourth-order valence-electron chi connectivity index (χ4n) is 2.33. The maximum absolute atomic E-state index is 5.11. The highest BCUT2D eigenvalue weighted by molar-refractivity contribution is 4.85. The van der Waals surface area contributed by atoms with E-state index in [9.17, 15) is 0 Å². The maximum Gasteiger partial charge on any atom is 0.0474 e. The molecule has 0 aliphatic carbocycles. The zero-order valence-electron chi connectivity index (χ0n) is 10.6. The van der Waals surface area contributed by atoms with Gasteiger partial charge in [0.2, 0.25) is 0 Å². The van der Waals surface area contributed by atoms with Gasteiger partial charge in [-0.2, -0.15) is 0 Å². The van der Waals surface area contributed by atoms with Gasteiger partial charge in [0, 0.05) is 45.4 Å². The number of ether oxygens (including phenoxy) is 1. The van der Waals surface area contributed by atoms with Crippen molar-refractivity contribution in [2.45, 2.75) is 39.3 Å². The molecule has 0 bridgehead atoms. The number of hydrogen-bond donors (Lipinski definition) is 1. The lowest BCUT2D eigenvalue weighted by Crippen LogP contribution is -2.57. The maximum atomic E-state index is 5.11. The van der Waals surface area contributed by atoms with E-state index in [4.69, 9.17) is 4.74 Å². The molecule has 1 fully saturated rings. The van der Waals surface area contributed by atoms with Crippen molar-refractivity contribution in [2.75, 3.05) is 33.4 Å². The minimum atomic E-state index is 0.627. The lowest BCUT2D eigenvalue weighted by atomic mass is 9.98. The smallest absolute Gasteiger partial charge is 0.0474 e. The van der Waals surface area contributed by atoms with Crippen molar-refractivity contribution in [1.29, 1.82) is 0 Å². The Bertz CT molecular complexity index is 173. The molecule has 1 N–H and O–H groups in total. The zero-order valence-corrected chi connectivity index (χ0v) is 10.6. The van der Waals surface area contributed by atoms with E-state index in [1.165, 1.54) is 13.1 Å². The van der Waals surface area contributed by atoms with Crippen molar-refractivity contribution in [3.05, 3.63) is 0 Å². The van der Waals surface area contributed by atoms with Gasteiger partial charge >= 0.3 is 0 Å². The van der Waals surface area contributed by atoms with E-state index in [0.29, 0.717) is 12.1 Å². The average molecular weight is 214 g/mol. The monoisotopic (exact) mass is 214 g/mol. The van der Waals surface area contributed by atoms with Crippen LogP contribution in [0.3, 0.4) is 0 Å². The number of nitrogens with one attached hydrogen (secondary N) is 1. The Morgan fingerprint density at radius 2 is 2.20 bits per heavy atom. The van der Waals surface area contributed by atoms with Crippen LogP contribution in [0, 0.1) is 5.92 Å². The largest absolute Gasteiger partial charge is 0.385 e. The fraction of sp³-hybridized carbons (Fsp3) is 1.00. The van der Waals surface area contributed by atoms with Crippen molar-refractivity contribution in [2.24, 2.45) is 5.92 Å². The van der Waals surface area contributed by atoms with Crippen LogP contribution in [-0.4, -0.2) is 50.3 Å². The highest BCUT2D eigenvalue weighted by atomic mass is 16.5. The third kappa shape index (κ3) is 4.09. The number of methoxy groups -OCH3 is 1. The van der Waals surface area contributed by atoms with Crippen molar-refractivity contribution in [3.63, 3.8) is 0 Å². The quantitative estimate of drug-likeness (QED) is 0.699. The molecule has 0 aromatic carbocycles. The van der Waals surface area contributed by atoms with Gasteiger partial charge in [-0.15, -0.1) is 0 Å². The summed E-state index contributed by atoms with van der Waals surface area (Å²) in [6.45, 7) is 11.2. The van der Waals surface area contributed by atoms with Crippen molar-refractivity contribution in [1.82, 2.24) is 10.2 Å². The van der Waals surface area contributed by atoms with E-state index in [-0.39, 0.29) is 0 Å². The summed E-state index contributed by atoms with van der Waals surface area (Å²) in [5.41, 5.74) is 0. The molecule has 1 rings (SSSR count). The molecule has 2 atom stereocenters. The molecule has 1 aliphatic heterocycles. The van der Waals surface area contributed by atoms with Crippen LogP contribution in [0.4, 0.5) is 0 Å². The summed E-state index contributed by atoms with van der Waals surface area (Å²) >= 11 is 0. The van der Waals surface area contributed by atoms with Crippen LogP contribution in [-0.2, 0) is 4.74 Å². The lowest BCUT2D eigenvalue weighted by molar-refractivity contribution is 0.0888. The molecule has 0 radical (unpaired) electrons. The molecule has 1 aliphatic rings. The number of rotatable bonds is 5. The van der Waals surface area contributed by atoms with Gasteiger partial charge in [0.05, 0.1) is 0 Å². The predicted molar refractivity (Wildman–Crippen MR) is 64.2 cm³/mol. The van der Waals surface area contributed by atoms with E-state index >= 15 is 0 Å². The second kappa shape index (κ2) is 6.46. The Kier molecular flexibility index (Phi) is 5.58. The van der Waals surface area contributed by atoms with Gasteiger partial charge in [0.25, 0.3) is 0 Å². The van der Waals surface area contributed by atoms with Gasteiger partial charge in [0.1, 0.15) is 0 Å². The Hall–Kier alpha value is -0.120. The SMILES string of the molecule is COCCCN1CC(C)NCC1C(C)C. The Labute approximate surface area is 94.2 Å². The highest BCUT2D eigenvalue weighted by Gasteiger charge is 2.27. The summed E-state index contributed by atoms with van der Waals surface area (Å²) in [5.74, 6) is 0.729. The summed E-state index contributed by atoms with van der Waals surface area (Å²) in [5, 5.41) is 3.56. The van der Waals surface area contributed by atoms with Crippen LogP contribution in [0.5, 0.6) is 0 Å². The molecular formula is C12H26N2O. The number of nitrogens with zero attached hydrogens (tertiary/aromatic N) is 1. The minimum Gasteiger partial charge on any atom is -0.385 e. The normalized spacial score (nSPS) is 28.6. The molecule has 0 amide bonds. The van der Waals surface area contributed by atoms with Gasteiger partial charge in [-0.3, -0.25) is 4.90 Å². The summed E-state index contributed by atoms with van der Waals surface area (Å²) in [4.78, 5) is 2.62. The average Bonchev–Trinajstić information content (AvgIpc) is 2.18. The summed E-state index contributed by atoms with van der Waals surface area (Å²) in [6.07, 6.45) is 1.15. The first-order valence-electron chi connectivity index (χ1n) is 6.11. The van der Waals surface area contributed by atoms with Crippen LogP contribution in [0.15, 0.2) is 0 Å². The second-order valence-electron chi connectivity index (χ2n) is 4.96. The topological polar surface area (TPSA) is 24.5 Å². The molecule has 0 aromatic heterocycles. The van der Waals surface area contributed by atoms with Crippen LogP contribution in [0.1, 0.15) is 27.2 Å². The number of piperazine rings is 1. The molecule has 90 valence electrons. The fourth-order valence-corrected chi connectivity index (χ4v) is 2.33. The van der Waals surface area contributed by atoms with Crippen LogP contribution in [0.2, 0.25) is 0 Å². The predicted octanol–water partition coefficient (Wildman–Crippen LogP) is 1.34. The lowest BCUT2D eigenvalue weighted by Gasteiger charge is -2.41. The van der Waals surface area contributed by atoms with E-state index < -0.39 is 0 Å². The van der Waals surface area contributed by atoms with Gasteiger partial charge in [-0.25, -0.2) is 0 Å². The Morgan fingerprint density at radius 3 is 2.80 bits per heavy atom. The van der Waals surface area contributed by atoms with E-state index in [2.05, 4.69) is 31.0 Å². The molecular weight excluding hydrogens is 188 g/mol. The van der Waals surface area contributed by atoms with Gasteiger partial charge in [-0.05, 0) is 19.3 Å². The standard InChI is InChI=1S/C12H26N2O/c1-10(2)12-8-13-11(3)9-14(12)6-5-7-15-4/h10-13H,5-9H2,1-4H3. The van der Waals surface area contributed by atoms with E-state index in [1.807, 2.05) is 0 Å². The minimum absolute atomic E-state index is 0.627. The number of hydrogen-bond acceptors (Lipinski definition) is 3. The molecule has 0 saturated carbocycles. The molecule has 3 heteroatoms. The molecule has 2 unspecified atom stereocenters. The van der Waals surface area contributed by atoms with Crippen molar-refractivity contribution < 1.29 is 4.74 Å². The van der Waals surface area contributed by atoms with Crippen molar-refractivity contribution in [3.8, 4) is 0 Å². The Balaban J connectivity index is 2.39. The third-order valence-electron chi connectivity index (χ3n) is 3.22. The first-order chi connectivity index (χ1) is 7.15. The third-order valence-corrected chi connectivity index (χ3v) is 3.22. The van der Waals surface area contributed by atoms with E-state index in [0.717, 1.165) is 25.5 Å². The second-order valence-corrected chi connectivity index (χ2v) is 4.96. The summed E-state index contributed by atoms with van der Waals surface area (Å²) < 4.78 is 5.11. The van der Waals surface area contributed by atoms with Gasteiger partial charge < -0.3 is 10.1 Å². The van der Waals surface area contributed by atoms with Crippen molar-refractivity contribution >= 4 is 0 Å². The summed E-state index contributed by atoms with van der Waals surface area (Å²) in [6, 6.07) is 1.32. The van der Waals surface area contributed by atoms with Gasteiger partial charge in [0.15, 0.2) is 0 Å². The zero-order chi connectivity index (χ0) is 11.3. The highest BCUT2D eigenvalue weighted by Crippen LogP contribution is 2.15. The molecule has 3 nitrogen and oxygen atoms in total. The van der Waals surface area contributed by atoms with Crippen LogP contribution in [0.25, 0.3) is 0 Å². The van der Waals surface area contributed by atoms with Gasteiger partial charge in [-0.1, -0.05) is 13.8 Å². The van der Waals surface area contributed by atoms with E-state index in [1.54, 1.807) is 7.11 Å². The summed E-state index contributed by atoms with van der Waals surface area (Å²) in [7, 11) is 1.78. The van der Waals surface area contributed by atoms with Crippen LogP contribution < -0.4 is 5.32 Å². The Morgan fingerprint density at radius 1 is 1.47 bits per heavy atom. The molecule has 1 saturated heterocycles.